The molecule has 4 atom stereocenters. The van der Waals surface area contributed by atoms with Crippen molar-refractivity contribution in [2.24, 2.45) is 11.8 Å². The van der Waals surface area contributed by atoms with Gasteiger partial charge in [0.15, 0.2) is 0 Å². The third-order valence-corrected chi connectivity index (χ3v) is 6.06. The molecule has 0 aromatic heterocycles. The van der Waals surface area contributed by atoms with Crippen molar-refractivity contribution in [3.05, 3.63) is 65.2 Å². The second-order valence-electron chi connectivity index (χ2n) is 8.51. The molecule has 0 unspecified atom stereocenters. The molecule has 1 aliphatic rings. The molecular formula is C25H28N2O6. The molecule has 0 saturated carbocycles. The molecule has 0 aliphatic carbocycles. The van der Waals surface area contributed by atoms with E-state index < -0.39 is 36.0 Å². The van der Waals surface area contributed by atoms with Gasteiger partial charge in [0.1, 0.15) is 12.3 Å². The Bertz CT molecular complexity index is 1050. The summed E-state index contributed by atoms with van der Waals surface area (Å²) in [6.45, 7) is 3.25. The van der Waals surface area contributed by atoms with Crippen LogP contribution in [0.5, 0.6) is 0 Å². The number of carboxylic acid groups (broad SMARTS) is 2. The Labute approximate surface area is 192 Å². The number of para-hydroxylation sites is 1. The van der Waals surface area contributed by atoms with Gasteiger partial charge in [-0.05, 0) is 30.0 Å². The Balaban J connectivity index is 1.86. The number of benzene rings is 2. The van der Waals surface area contributed by atoms with Gasteiger partial charge >= 0.3 is 11.9 Å². The van der Waals surface area contributed by atoms with Gasteiger partial charge < -0.3 is 10.2 Å². The van der Waals surface area contributed by atoms with Crippen molar-refractivity contribution in [3.63, 3.8) is 0 Å². The summed E-state index contributed by atoms with van der Waals surface area (Å²) in [5, 5.41) is 22.2. The minimum absolute atomic E-state index is 0.0741. The third-order valence-electron chi connectivity index (χ3n) is 6.06. The SMILES string of the molecule is C[C@H](C[C@@H](C)C(=O)N1c2ccccc2C[C@H]1N[C@@H](Cc1ccccc1C=O)C(=O)O)C(=O)O. The molecule has 8 heteroatoms. The van der Waals surface area contributed by atoms with Gasteiger partial charge in [-0.1, -0.05) is 56.3 Å². The molecule has 1 heterocycles. The smallest absolute Gasteiger partial charge is 0.321 e. The Hall–Kier alpha value is -3.52. The van der Waals surface area contributed by atoms with Crippen molar-refractivity contribution in [1.29, 1.82) is 0 Å². The lowest BCUT2D eigenvalue weighted by atomic mass is 9.96. The van der Waals surface area contributed by atoms with Gasteiger partial charge in [0, 0.05) is 23.6 Å². The van der Waals surface area contributed by atoms with Crippen LogP contribution in [0.2, 0.25) is 0 Å². The normalized spacial score (nSPS) is 17.6. The fourth-order valence-electron chi connectivity index (χ4n) is 4.27. The van der Waals surface area contributed by atoms with Crippen LogP contribution < -0.4 is 10.2 Å². The van der Waals surface area contributed by atoms with E-state index in [0.29, 0.717) is 29.5 Å². The van der Waals surface area contributed by atoms with Gasteiger partial charge in [0.05, 0.1) is 12.1 Å². The van der Waals surface area contributed by atoms with E-state index in [1.165, 1.54) is 0 Å². The number of anilines is 1. The van der Waals surface area contributed by atoms with Crippen molar-refractivity contribution in [1.82, 2.24) is 5.32 Å². The Morgan fingerprint density at radius 2 is 1.70 bits per heavy atom. The fraction of sp³-hybridized carbons (Fsp3) is 0.360. The number of aliphatic carboxylic acids is 2. The second kappa shape index (κ2) is 10.4. The summed E-state index contributed by atoms with van der Waals surface area (Å²) >= 11 is 0. The summed E-state index contributed by atoms with van der Waals surface area (Å²) in [6.07, 6.45) is 0.754. The molecule has 0 radical (unpaired) electrons. The number of fused-ring (bicyclic) bond motifs is 1. The summed E-state index contributed by atoms with van der Waals surface area (Å²) in [5.41, 5.74) is 2.61. The molecule has 8 nitrogen and oxygen atoms in total. The molecule has 0 fully saturated rings. The summed E-state index contributed by atoms with van der Waals surface area (Å²) in [6, 6.07) is 13.1. The first-order valence-electron chi connectivity index (χ1n) is 10.9. The number of nitrogens with one attached hydrogen (secondary N) is 1. The maximum absolute atomic E-state index is 13.4. The fourth-order valence-corrected chi connectivity index (χ4v) is 4.27. The minimum Gasteiger partial charge on any atom is -0.481 e. The minimum atomic E-state index is -1.09. The summed E-state index contributed by atoms with van der Waals surface area (Å²) in [5.74, 6) is -3.56. The van der Waals surface area contributed by atoms with E-state index in [9.17, 15) is 29.4 Å². The van der Waals surface area contributed by atoms with Gasteiger partial charge in [-0.15, -0.1) is 0 Å². The highest BCUT2D eigenvalue weighted by molar-refractivity contribution is 5.97. The third kappa shape index (κ3) is 5.46. The van der Waals surface area contributed by atoms with Crippen LogP contribution in [-0.4, -0.2) is 46.6 Å². The number of hydrogen-bond donors (Lipinski definition) is 3. The first-order chi connectivity index (χ1) is 15.7. The Morgan fingerprint density at radius 3 is 2.36 bits per heavy atom. The molecule has 3 rings (SSSR count). The molecule has 2 aromatic carbocycles. The molecule has 174 valence electrons. The van der Waals surface area contributed by atoms with Gasteiger partial charge in [-0.2, -0.15) is 0 Å². The number of nitrogens with zero attached hydrogens (tertiary/aromatic N) is 1. The predicted molar refractivity (Wildman–Crippen MR) is 122 cm³/mol. The van der Waals surface area contributed by atoms with Gasteiger partial charge in [-0.25, -0.2) is 0 Å². The first-order valence-corrected chi connectivity index (χ1v) is 10.9. The van der Waals surface area contributed by atoms with Gasteiger partial charge in [0.2, 0.25) is 5.91 Å². The lowest BCUT2D eigenvalue weighted by Gasteiger charge is -2.31. The van der Waals surface area contributed by atoms with Crippen molar-refractivity contribution in [2.45, 2.75) is 45.3 Å². The lowest BCUT2D eigenvalue weighted by Crippen LogP contribution is -2.54. The van der Waals surface area contributed by atoms with Crippen LogP contribution in [0.1, 0.15) is 41.8 Å². The molecule has 1 aliphatic heterocycles. The van der Waals surface area contributed by atoms with E-state index in [1.807, 2.05) is 12.1 Å². The number of rotatable bonds is 10. The monoisotopic (exact) mass is 452 g/mol. The molecule has 0 spiro atoms. The molecule has 3 N–H and O–H groups in total. The van der Waals surface area contributed by atoms with Crippen molar-refractivity contribution < 1.29 is 29.4 Å². The molecule has 33 heavy (non-hydrogen) atoms. The molecular weight excluding hydrogens is 424 g/mol. The number of carbonyl (C=O) groups is 4. The zero-order valence-electron chi connectivity index (χ0n) is 18.6. The molecule has 2 aromatic rings. The highest BCUT2D eigenvalue weighted by Gasteiger charge is 2.38. The highest BCUT2D eigenvalue weighted by Crippen LogP contribution is 2.33. The van der Waals surface area contributed by atoms with E-state index in [-0.39, 0.29) is 18.7 Å². The summed E-state index contributed by atoms with van der Waals surface area (Å²) in [4.78, 5) is 49.6. The lowest BCUT2D eigenvalue weighted by molar-refractivity contribution is -0.142. The van der Waals surface area contributed by atoms with E-state index >= 15 is 0 Å². The average molecular weight is 453 g/mol. The molecule has 0 saturated heterocycles. The maximum atomic E-state index is 13.4. The highest BCUT2D eigenvalue weighted by atomic mass is 16.4. The zero-order chi connectivity index (χ0) is 24.1. The van der Waals surface area contributed by atoms with Crippen LogP contribution in [0.15, 0.2) is 48.5 Å². The number of hydrogen-bond acceptors (Lipinski definition) is 5. The number of carboxylic acids is 2. The van der Waals surface area contributed by atoms with Crippen LogP contribution in [0.4, 0.5) is 5.69 Å². The van der Waals surface area contributed by atoms with Gasteiger partial charge in [-0.3, -0.25) is 29.4 Å². The van der Waals surface area contributed by atoms with Gasteiger partial charge in [0.25, 0.3) is 0 Å². The van der Waals surface area contributed by atoms with E-state index in [1.54, 1.807) is 55.1 Å². The zero-order valence-corrected chi connectivity index (χ0v) is 18.6. The van der Waals surface area contributed by atoms with Crippen molar-refractivity contribution in [2.75, 3.05) is 4.90 Å². The number of carbonyl (C=O) groups excluding carboxylic acids is 2. The molecule has 1 amide bonds. The second-order valence-corrected chi connectivity index (χ2v) is 8.51. The van der Waals surface area contributed by atoms with Crippen LogP contribution >= 0.6 is 0 Å². The van der Waals surface area contributed by atoms with Crippen LogP contribution in [0.3, 0.4) is 0 Å². The first kappa shape index (κ1) is 24.1. The predicted octanol–water partition coefficient (Wildman–Crippen LogP) is 2.75. The van der Waals surface area contributed by atoms with Crippen molar-refractivity contribution in [3.8, 4) is 0 Å². The summed E-state index contributed by atoms with van der Waals surface area (Å²) < 4.78 is 0. The largest absolute Gasteiger partial charge is 0.481 e. The van der Waals surface area contributed by atoms with Crippen LogP contribution in [0.25, 0.3) is 0 Å². The Morgan fingerprint density at radius 1 is 1.03 bits per heavy atom. The number of amides is 1. The topological polar surface area (TPSA) is 124 Å². The van der Waals surface area contributed by atoms with Crippen LogP contribution in [-0.2, 0) is 27.2 Å². The standard InChI is InChI=1S/C25H28N2O6/c1-15(11-16(2)24(30)31)23(29)27-21-10-6-5-8-18(21)13-22(27)26-20(25(32)33)12-17-7-3-4-9-19(17)14-28/h3-10,14-16,20,22,26H,11-13H2,1-2H3,(H,30,31)(H,32,33)/t15-,16-,20+,22+/m1/s1. The Kier molecular flexibility index (Phi) is 7.60. The number of aldehydes is 1. The molecule has 0 bridgehead atoms. The van der Waals surface area contributed by atoms with Crippen LogP contribution in [0, 0.1) is 11.8 Å². The van der Waals surface area contributed by atoms with E-state index in [4.69, 9.17) is 0 Å². The quantitative estimate of drug-likeness (QED) is 0.474. The van der Waals surface area contributed by atoms with Crippen molar-refractivity contribution >= 4 is 29.8 Å². The van der Waals surface area contributed by atoms with E-state index in [2.05, 4.69) is 5.32 Å². The average Bonchev–Trinajstić information content (AvgIpc) is 3.16. The maximum Gasteiger partial charge on any atom is 0.321 e. The van der Waals surface area contributed by atoms with E-state index in [0.717, 1.165) is 5.56 Å². The summed E-state index contributed by atoms with van der Waals surface area (Å²) in [7, 11) is 0.